The van der Waals surface area contributed by atoms with Crippen molar-refractivity contribution in [2.45, 2.75) is 0 Å². The number of likely N-dealkylation sites (N-methyl/N-ethyl adjacent to an activating group) is 2. The maximum absolute atomic E-state index is 12.2. The monoisotopic (exact) mass is 365 g/mol. The van der Waals surface area contributed by atoms with Crippen molar-refractivity contribution < 1.29 is 28.7 Å². The first-order chi connectivity index (χ1) is 12.2. The summed E-state index contributed by atoms with van der Waals surface area (Å²) in [4.78, 5) is 50.4. The minimum Gasteiger partial charge on any atom is -0.465 e. The predicted molar refractivity (Wildman–Crippen MR) is 93.9 cm³/mol. The number of hydrogen-bond acceptors (Lipinski definition) is 7. The summed E-state index contributed by atoms with van der Waals surface area (Å²) in [6, 6.07) is 4.10. The molecule has 0 fully saturated rings. The minimum atomic E-state index is -0.659. The van der Waals surface area contributed by atoms with Crippen LogP contribution < -0.4 is 5.32 Å². The van der Waals surface area contributed by atoms with E-state index in [9.17, 15) is 19.2 Å². The highest BCUT2D eigenvalue weighted by atomic mass is 16.5. The third kappa shape index (κ3) is 5.85. The molecule has 0 bridgehead atoms. The van der Waals surface area contributed by atoms with Crippen LogP contribution in [0.3, 0.4) is 0 Å². The number of amides is 2. The maximum atomic E-state index is 12.2. The summed E-state index contributed by atoms with van der Waals surface area (Å²) in [5.41, 5.74) is 0.393. The zero-order valence-electron chi connectivity index (χ0n) is 15.5. The molecule has 1 rings (SSSR count). The van der Waals surface area contributed by atoms with E-state index in [0.717, 1.165) is 0 Å². The van der Waals surface area contributed by atoms with Gasteiger partial charge in [0, 0.05) is 14.1 Å². The minimum absolute atomic E-state index is 0.0620. The number of hydrogen-bond donors (Lipinski definition) is 1. The van der Waals surface area contributed by atoms with Crippen molar-refractivity contribution in [3.05, 3.63) is 29.3 Å². The molecule has 0 saturated heterocycles. The van der Waals surface area contributed by atoms with Gasteiger partial charge < -0.3 is 19.7 Å². The fourth-order valence-corrected chi connectivity index (χ4v) is 2.04. The van der Waals surface area contributed by atoms with E-state index in [-0.39, 0.29) is 35.8 Å². The summed E-state index contributed by atoms with van der Waals surface area (Å²) in [6.07, 6.45) is 0. The maximum Gasteiger partial charge on any atom is 0.339 e. The number of rotatable bonds is 7. The molecule has 1 N–H and O–H groups in total. The topological polar surface area (TPSA) is 105 Å². The highest BCUT2D eigenvalue weighted by Crippen LogP contribution is 2.19. The van der Waals surface area contributed by atoms with Crippen molar-refractivity contribution >= 4 is 29.4 Å². The largest absolute Gasteiger partial charge is 0.465 e. The van der Waals surface area contributed by atoms with Gasteiger partial charge in [0.25, 0.3) is 0 Å². The van der Waals surface area contributed by atoms with Crippen LogP contribution in [-0.2, 0) is 19.1 Å². The first-order valence-corrected chi connectivity index (χ1v) is 7.68. The molecular weight excluding hydrogens is 342 g/mol. The molecule has 26 heavy (non-hydrogen) atoms. The summed E-state index contributed by atoms with van der Waals surface area (Å²) in [7, 11) is 7.30. The lowest BCUT2D eigenvalue weighted by atomic mass is 10.1. The highest BCUT2D eigenvalue weighted by molar-refractivity contribution is 6.03. The molecule has 0 atom stereocenters. The number of nitrogens with one attached hydrogen (secondary N) is 1. The van der Waals surface area contributed by atoms with E-state index in [0.29, 0.717) is 0 Å². The molecule has 0 aliphatic rings. The molecule has 1 aromatic carbocycles. The molecule has 0 aliphatic carbocycles. The highest BCUT2D eigenvalue weighted by Gasteiger charge is 2.18. The van der Waals surface area contributed by atoms with Crippen LogP contribution in [0.4, 0.5) is 5.69 Å². The van der Waals surface area contributed by atoms with E-state index in [1.807, 2.05) is 0 Å². The van der Waals surface area contributed by atoms with Gasteiger partial charge >= 0.3 is 11.9 Å². The van der Waals surface area contributed by atoms with Crippen LogP contribution in [0.2, 0.25) is 0 Å². The number of esters is 2. The lowest BCUT2D eigenvalue weighted by molar-refractivity contribution is -0.130. The number of carbonyl (C=O) groups excluding carboxylic acids is 4. The normalized spacial score (nSPS) is 10.2. The number of nitrogens with zero attached hydrogens (tertiary/aromatic N) is 2. The summed E-state index contributed by atoms with van der Waals surface area (Å²) in [5.74, 6) is -1.87. The van der Waals surface area contributed by atoms with E-state index in [1.165, 1.54) is 42.2 Å². The second kappa shape index (κ2) is 9.52. The van der Waals surface area contributed by atoms with Crippen LogP contribution >= 0.6 is 0 Å². The van der Waals surface area contributed by atoms with Crippen molar-refractivity contribution in [1.29, 1.82) is 0 Å². The summed E-state index contributed by atoms with van der Waals surface area (Å²) < 4.78 is 9.31. The van der Waals surface area contributed by atoms with Gasteiger partial charge in [0.2, 0.25) is 11.8 Å². The Hall–Kier alpha value is -2.94. The Morgan fingerprint density at radius 3 is 2.12 bits per heavy atom. The summed E-state index contributed by atoms with van der Waals surface area (Å²) in [5, 5.41) is 2.56. The Balaban J connectivity index is 2.94. The van der Waals surface area contributed by atoms with E-state index in [4.69, 9.17) is 0 Å². The van der Waals surface area contributed by atoms with Gasteiger partial charge in [0.05, 0.1) is 44.1 Å². The molecule has 0 heterocycles. The molecular formula is C17H23N3O6. The number of methoxy groups -OCH3 is 2. The molecule has 0 unspecified atom stereocenters. The SMILES string of the molecule is COC(=O)c1ccc(C(=O)OC)c(NC(=O)CN(C)CC(=O)N(C)C)c1. The van der Waals surface area contributed by atoms with Gasteiger partial charge in [0.1, 0.15) is 0 Å². The van der Waals surface area contributed by atoms with Crippen molar-refractivity contribution in [3.8, 4) is 0 Å². The van der Waals surface area contributed by atoms with E-state index in [2.05, 4.69) is 14.8 Å². The van der Waals surface area contributed by atoms with Crippen molar-refractivity contribution in [3.63, 3.8) is 0 Å². The molecule has 0 aliphatic heterocycles. The quantitative estimate of drug-likeness (QED) is 0.689. The van der Waals surface area contributed by atoms with Gasteiger partial charge in [-0.1, -0.05) is 0 Å². The molecule has 9 nitrogen and oxygen atoms in total. The first-order valence-electron chi connectivity index (χ1n) is 7.68. The molecule has 142 valence electrons. The molecule has 0 saturated carbocycles. The standard InChI is InChI=1S/C17H23N3O6/c1-19(2)15(22)10-20(3)9-14(21)18-13-8-11(16(23)25-4)6-7-12(13)17(24)26-5/h6-8H,9-10H2,1-5H3,(H,18,21). The number of benzene rings is 1. The number of anilines is 1. The Morgan fingerprint density at radius 2 is 1.58 bits per heavy atom. The third-order valence-electron chi connectivity index (χ3n) is 3.44. The molecule has 0 spiro atoms. The fourth-order valence-electron chi connectivity index (χ4n) is 2.04. The van der Waals surface area contributed by atoms with E-state index < -0.39 is 17.8 Å². The van der Waals surface area contributed by atoms with Crippen LogP contribution in [0.15, 0.2) is 18.2 Å². The molecule has 2 amide bonds. The van der Waals surface area contributed by atoms with Gasteiger partial charge in [0.15, 0.2) is 0 Å². The zero-order valence-corrected chi connectivity index (χ0v) is 15.5. The second-order valence-corrected chi connectivity index (χ2v) is 5.75. The van der Waals surface area contributed by atoms with E-state index in [1.54, 1.807) is 21.1 Å². The third-order valence-corrected chi connectivity index (χ3v) is 3.44. The number of ether oxygens (including phenoxy) is 2. The molecule has 9 heteroatoms. The molecule has 0 radical (unpaired) electrons. The van der Waals surface area contributed by atoms with Gasteiger partial charge in [-0.25, -0.2) is 9.59 Å². The Morgan fingerprint density at radius 1 is 0.962 bits per heavy atom. The van der Waals surface area contributed by atoms with Crippen molar-refractivity contribution in [1.82, 2.24) is 9.80 Å². The van der Waals surface area contributed by atoms with Crippen LogP contribution in [0.25, 0.3) is 0 Å². The fraction of sp³-hybridized carbons (Fsp3) is 0.412. The smallest absolute Gasteiger partial charge is 0.339 e. The lowest BCUT2D eigenvalue weighted by Crippen LogP contribution is -2.38. The van der Waals surface area contributed by atoms with Crippen LogP contribution in [0.5, 0.6) is 0 Å². The molecule has 0 aromatic heterocycles. The van der Waals surface area contributed by atoms with Gasteiger partial charge in [-0.15, -0.1) is 0 Å². The average molecular weight is 365 g/mol. The zero-order chi connectivity index (χ0) is 19.9. The summed E-state index contributed by atoms with van der Waals surface area (Å²) >= 11 is 0. The Bertz CT molecular complexity index is 702. The Kier molecular flexibility index (Phi) is 7.73. The summed E-state index contributed by atoms with van der Waals surface area (Å²) in [6.45, 7) is -0.0187. The van der Waals surface area contributed by atoms with Gasteiger partial charge in [-0.2, -0.15) is 0 Å². The average Bonchev–Trinajstić information content (AvgIpc) is 2.59. The van der Waals surface area contributed by atoms with Crippen LogP contribution in [-0.4, -0.2) is 82.0 Å². The lowest BCUT2D eigenvalue weighted by Gasteiger charge is -2.19. The number of carbonyl (C=O) groups is 4. The molecule has 1 aromatic rings. The van der Waals surface area contributed by atoms with Gasteiger partial charge in [-0.3, -0.25) is 14.5 Å². The van der Waals surface area contributed by atoms with Crippen LogP contribution in [0.1, 0.15) is 20.7 Å². The predicted octanol–water partition coefficient (Wildman–Crippen LogP) is 0.218. The second-order valence-electron chi connectivity index (χ2n) is 5.75. The van der Waals surface area contributed by atoms with Crippen LogP contribution in [0, 0.1) is 0 Å². The van der Waals surface area contributed by atoms with Crippen molar-refractivity contribution in [2.24, 2.45) is 0 Å². The van der Waals surface area contributed by atoms with Gasteiger partial charge in [-0.05, 0) is 25.2 Å². The van der Waals surface area contributed by atoms with E-state index >= 15 is 0 Å². The van der Waals surface area contributed by atoms with Crippen molar-refractivity contribution in [2.75, 3.05) is 53.8 Å². The first kappa shape index (κ1) is 21.1. The Labute approximate surface area is 151 Å².